The van der Waals surface area contributed by atoms with E-state index in [4.69, 9.17) is 9.47 Å². The molecular weight excluding hydrogens is 448 g/mol. The zero-order valence-electron chi connectivity index (χ0n) is 17.7. The maximum atomic E-state index is 12.9. The molecule has 0 aliphatic carbocycles. The number of nitrogens with one attached hydrogen (secondary N) is 1. The predicted molar refractivity (Wildman–Crippen MR) is 128 cm³/mol. The Kier molecular flexibility index (Phi) is 7.03. The van der Waals surface area contributed by atoms with E-state index in [1.807, 2.05) is 37.3 Å². The van der Waals surface area contributed by atoms with Crippen LogP contribution in [0.1, 0.15) is 6.92 Å². The molecule has 0 bridgehead atoms. The topological polar surface area (TPSA) is 95.3 Å². The third kappa shape index (κ3) is 4.93. The molecule has 1 amide bonds. The SMILES string of the molecule is CCOc1ccc2nc(NC(=O)CSc3nc4ccccc4c(=O)n3CCOC)sc2c1. The number of anilines is 1. The van der Waals surface area contributed by atoms with Gasteiger partial charge in [0.2, 0.25) is 5.91 Å². The molecule has 4 aromatic rings. The number of amides is 1. The van der Waals surface area contributed by atoms with Gasteiger partial charge in [-0.3, -0.25) is 14.2 Å². The molecule has 2 aromatic heterocycles. The molecule has 32 heavy (non-hydrogen) atoms. The van der Waals surface area contributed by atoms with Crippen molar-refractivity contribution in [3.05, 3.63) is 52.8 Å². The largest absolute Gasteiger partial charge is 0.494 e. The second-order valence-electron chi connectivity index (χ2n) is 6.78. The number of thioether (sulfide) groups is 1. The third-order valence-electron chi connectivity index (χ3n) is 4.60. The lowest BCUT2D eigenvalue weighted by Crippen LogP contribution is -2.26. The Balaban J connectivity index is 1.50. The van der Waals surface area contributed by atoms with Crippen molar-refractivity contribution in [2.24, 2.45) is 0 Å². The van der Waals surface area contributed by atoms with Crippen LogP contribution in [0.2, 0.25) is 0 Å². The van der Waals surface area contributed by atoms with Gasteiger partial charge in [0, 0.05) is 7.11 Å². The minimum atomic E-state index is -0.222. The minimum absolute atomic E-state index is 0.0951. The third-order valence-corrected chi connectivity index (χ3v) is 6.51. The zero-order chi connectivity index (χ0) is 22.5. The summed E-state index contributed by atoms with van der Waals surface area (Å²) in [4.78, 5) is 34.5. The number of hydrogen-bond donors (Lipinski definition) is 1. The van der Waals surface area contributed by atoms with Crippen LogP contribution in [0.3, 0.4) is 0 Å². The normalized spacial score (nSPS) is 11.2. The van der Waals surface area contributed by atoms with Crippen LogP contribution < -0.4 is 15.6 Å². The van der Waals surface area contributed by atoms with Crippen LogP contribution in [-0.2, 0) is 16.1 Å². The molecule has 1 N–H and O–H groups in total. The molecule has 8 nitrogen and oxygen atoms in total. The van der Waals surface area contributed by atoms with Gasteiger partial charge in [-0.15, -0.1) is 0 Å². The highest BCUT2D eigenvalue weighted by Crippen LogP contribution is 2.29. The highest BCUT2D eigenvalue weighted by atomic mass is 32.2. The minimum Gasteiger partial charge on any atom is -0.494 e. The van der Waals surface area contributed by atoms with E-state index in [0.717, 1.165) is 16.0 Å². The van der Waals surface area contributed by atoms with Crippen molar-refractivity contribution in [2.45, 2.75) is 18.6 Å². The molecule has 166 valence electrons. The predicted octanol–water partition coefficient (Wildman–Crippen LogP) is 3.78. The van der Waals surface area contributed by atoms with Crippen molar-refractivity contribution in [3.63, 3.8) is 0 Å². The number of aromatic nitrogens is 3. The van der Waals surface area contributed by atoms with Gasteiger partial charge in [-0.1, -0.05) is 35.2 Å². The molecule has 0 fully saturated rings. The molecule has 4 rings (SSSR count). The number of carbonyl (C=O) groups excluding carboxylic acids is 1. The molecule has 0 spiro atoms. The van der Waals surface area contributed by atoms with E-state index >= 15 is 0 Å². The summed E-state index contributed by atoms with van der Waals surface area (Å²) in [5.41, 5.74) is 1.25. The quantitative estimate of drug-likeness (QED) is 0.294. The van der Waals surface area contributed by atoms with Crippen LogP contribution in [0, 0.1) is 0 Å². The summed E-state index contributed by atoms with van der Waals surface area (Å²) in [7, 11) is 1.58. The first-order chi connectivity index (χ1) is 15.6. The first kappa shape index (κ1) is 22.3. The fourth-order valence-corrected chi connectivity index (χ4v) is 4.87. The van der Waals surface area contributed by atoms with Gasteiger partial charge in [0.1, 0.15) is 5.75 Å². The summed E-state index contributed by atoms with van der Waals surface area (Å²) in [5, 5.41) is 4.37. The van der Waals surface area contributed by atoms with Gasteiger partial charge in [-0.25, -0.2) is 9.97 Å². The van der Waals surface area contributed by atoms with Gasteiger partial charge in [-0.05, 0) is 37.3 Å². The van der Waals surface area contributed by atoms with Gasteiger partial charge < -0.3 is 14.8 Å². The van der Waals surface area contributed by atoms with Crippen LogP contribution in [-0.4, -0.2) is 46.5 Å². The van der Waals surface area contributed by atoms with Crippen LogP contribution in [0.25, 0.3) is 21.1 Å². The molecular formula is C22H22N4O4S2. The summed E-state index contributed by atoms with van der Waals surface area (Å²) in [6.07, 6.45) is 0. The highest BCUT2D eigenvalue weighted by Gasteiger charge is 2.14. The van der Waals surface area contributed by atoms with Gasteiger partial charge in [0.25, 0.3) is 5.56 Å². The van der Waals surface area contributed by atoms with E-state index in [1.165, 1.54) is 23.1 Å². The van der Waals surface area contributed by atoms with Gasteiger partial charge in [0.15, 0.2) is 10.3 Å². The van der Waals surface area contributed by atoms with Crippen LogP contribution in [0.15, 0.2) is 52.4 Å². The molecule has 2 heterocycles. The number of rotatable bonds is 9. The number of ether oxygens (including phenoxy) is 2. The molecule has 0 unspecified atom stereocenters. The first-order valence-corrected chi connectivity index (χ1v) is 11.8. The standard InChI is InChI=1S/C22H22N4O4S2/c1-3-30-14-8-9-17-18(12-14)32-21(23-17)25-19(27)13-31-22-24-16-7-5-4-6-15(16)20(28)26(22)10-11-29-2/h4-9,12H,3,10-11,13H2,1-2H3,(H,23,25,27). The number of benzene rings is 2. The summed E-state index contributed by atoms with van der Waals surface area (Å²) in [6.45, 7) is 3.25. The van der Waals surface area contributed by atoms with E-state index in [2.05, 4.69) is 15.3 Å². The molecule has 0 aliphatic rings. The lowest BCUT2D eigenvalue weighted by Gasteiger charge is -2.12. The molecule has 2 aromatic carbocycles. The molecule has 0 saturated heterocycles. The Morgan fingerprint density at radius 1 is 1.19 bits per heavy atom. The monoisotopic (exact) mass is 470 g/mol. The van der Waals surface area contributed by atoms with Gasteiger partial charge >= 0.3 is 0 Å². The Hall–Kier alpha value is -2.95. The number of hydrogen-bond acceptors (Lipinski definition) is 8. The zero-order valence-corrected chi connectivity index (χ0v) is 19.3. The second-order valence-corrected chi connectivity index (χ2v) is 8.75. The van der Waals surface area contributed by atoms with Crippen molar-refractivity contribution in [1.82, 2.24) is 14.5 Å². The Labute approximate surface area is 192 Å². The van der Waals surface area contributed by atoms with E-state index in [9.17, 15) is 9.59 Å². The van der Waals surface area contributed by atoms with E-state index < -0.39 is 0 Å². The Morgan fingerprint density at radius 2 is 2.03 bits per heavy atom. The Morgan fingerprint density at radius 3 is 2.84 bits per heavy atom. The number of thiazole rings is 1. The fraction of sp³-hybridized carbons (Fsp3) is 0.273. The number of para-hydroxylation sites is 1. The Bertz CT molecular complexity index is 1320. The molecule has 0 aliphatic heterocycles. The van der Waals surface area contributed by atoms with Crippen LogP contribution >= 0.6 is 23.1 Å². The average Bonchev–Trinajstić information content (AvgIpc) is 3.19. The highest BCUT2D eigenvalue weighted by molar-refractivity contribution is 7.99. The molecule has 0 atom stereocenters. The fourth-order valence-electron chi connectivity index (χ4n) is 3.14. The van der Waals surface area contributed by atoms with E-state index in [-0.39, 0.29) is 17.2 Å². The van der Waals surface area contributed by atoms with E-state index in [1.54, 1.807) is 23.8 Å². The van der Waals surface area contributed by atoms with Gasteiger partial charge in [-0.2, -0.15) is 0 Å². The summed E-state index contributed by atoms with van der Waals surface area (Å²) < 4.78 is 13.1. The number of fused-ring (bicyclic) bond motifs is 2. The molecule has 0 radical (unpaired) electrons. The van der Waals surface area contributed by atoms with Crippen molar-refractivity contribution in [2.75, 3.05) is 31.4 Å². The maximum Gasteiger partial charge on any atom is 0.262 e. The number of nitrogens with zero attached hydrogens (tertiary/aromatic N) is 3. The molecule has 10 heteroatoms. The van der Waals surface area contributed by atoms with Crippen molar-refractivity contribution in [3.8, 4) is 5.75 Å². The van der Waals surface area contributed by atoms with Crippen molar-refractivity contribution in [1.29, 1.82) is 0 Å². The van der Waals surface area contributed by atoms with Crippen molar-refractivity contribution < 1.29 is 14.3 Å². The average molecular weight is 471 g/mol. The first-order valence-electron chi connectivity index (χ1n) is 10.0. The number of methoxy groups -OCH3 is 1. The maximum absolute atomic E-state index is 12.9. The smallest absolute Gasteiger partial charge is 0.262 e. The summed E-state index contributed by atoms with van der Waals surface area (Å²) in [6, 6.07) is 12.8. The van der Waals surface area contributed by atoms with Crippen LogP contribution in [0.5, 0.6) is 5.75 Å². The van der Waals surface area contributed by atoms with E-state index in [0.29, 0.717) is 40.9 Å². The van der Waals surface area contributed by atoms with Crippen molar-refractivity contribution >= 4 is 55.3 Å². The lowest BCUT2D eigenvalue weighted by atomic mass is 10.2. The molecule has 0 saturated carbocycles. The van der Waals surface area contributed by atoms with Gasteiger partial charge in [0.05, 0.1) is 46.6 Å². The van der Waals surface area contributed by atoms with Crippen LogP contribution in [0.4, 0.5) is 5.13 Å². The second kappa shape index (κ2) is 10.1. The summed E-state index contributed by atoms with van der Waals surface area (Å²) in [5.74, 6) is 0.644. The number of carbonyl (C=O) groups is 1. The lowest BCUT2D eigenvalue weighted by molar-refractivity contribution is -0.113. The summed E-state index contributed by atoms with van der Waals surface area (Å²) >= 11 is 2.60.